The molecule has 86 valence electrons. The number of ketones is 1. The van der Waals surface area contributed by atoms with Crippen molar-refractivity contribution < 1.29 is 14.3 Å². The summed E-state index contributed by atoms with van der Waals surface area (Å²) in [5.74, 6) is -0.329. The van der Waals surface area contributed by atoms with Gasteiger partial charge in [0.1, 0.15) is 6.10 Å². The molecule has 0 spiro atoms. The van der Waals surface area contributed by atoms with Crippen LogP contribution in [-0.2, 0) is 18.2 Å². The Kier molecular flexibility index (Phi) is 2.37. The molecule has 2 rings (SSSR count). The monoisotopic (exact) mass is 221 g/mol. The van der Waals surface area contributed by atoms with Crippen LogP contribution in [-0.4, -0.2) is 22.4 Å². The third-order valence-electron chi connectivity index (χ3n) is 3.09. The number of aromatic nitrogens is 1. The largest absolute Gasteiger partial charge is 0.459 e. The van der Waals surface area contributed by atoms with Gasteiger partial charge in [-0.1, -0.05) is 0 Å². The molecular weight excluding hydrogens is 206 g/mol. The second kappa shape index (κ2) is 3.47. The van der Waals surface area contributed by atoms with Crippen LogP contribution in [0.25, 0.3) is 0 Å². The van der Waals surface area contributed by atoms with Crippen LogP contribution in [0.5, 0.6) is 0 Å². The molecule has 0 N–H and O–H groups in total. The van der Waals surface area contributed by atoms with Gasteiger partial charge in [-0.05, 0) is 19.4 Å². The fourth-order valence-electron chi connectivity index (χ4n) is 2.45. The van der Waals surface area contributed by atoms with E-state index >= 15 is 0 Å². The number of ether oxygens (including phenoxy) is 1. The number of hydrogen-bond donors (Lipinski definition) is 0. The van der Waals surface area contributed by atoms with Gasteiger partial charge in [-0.2, -0.15) is 0 Å². The maximum Gasteiger partial charge on any atom is 0.340 e. The van der Waals surface area contributed by atoms with Crippen LogP contribution in [0.15, 0.2) is 0 Å². The molecule has 2 heterocycles. The van der Waals surface area contributed by atoms with Crippen molar-refractivity contribution in [2.75, 3.05) is 0 Å². The lowest BCUT2D eigenvalue weighted by Crippen LogP contribution is -2.26. The molecule has 1 atom stereocenters. The van der Waals surface area contributed by atoms with Crippen LogP contribution in [0.2, 0.25) is 0 Å². The number of rotatable bonds is 1. The van der Waals surface area contributed by atoms with E-state index in [4.69, 9.17) is 4.74 Å². The number of nitrogens with zero attached hydrogens (tertiary/aromatic N) is 1. The van der Waals surface area contributed by atoms with Gasteiger partial charge in [0.05, 0.1) is 11.3 Å². The maximum atomic E-state index is 11.8. The molecule has 0 aliphatic carbocycles. The van der Waals surface area contributed by atoms with Crippen LogP contribution >= 0.6 is 0 Å². The fraction of sp³-hybridized carbons (Fsp3) is 0.500. The quantitative estimate of drug-likeness (QED) is 0.535. The molecule has 1 unspecified atom stereocenters. The zero-order valence-corrected chi connectivity index (χ0v) is 9.96. The first-order valence-electron chi connectivity index (χ1n) is 5.33. The zero-order chi connectivity index (χ0) is 12.0. The summed E-state index contributed by atoms with van der Waals surface area (Å²) in [6.07, 6.45) is 0.555. The Morgan fingerprint density at radius 3 is 2.69 bits per heavy atom. The Morgan fingerprint density at radius 1 is 1.50 bits per heavy atom. The van der Waals surface area contributed by atoms with E-state index in [9.17, 15) is 9.59 Å². The average Bonchev–Trinajstić information content (AvgIpc) is 2.38. The number of fused-ring (bicyclic) bond motifs is 1. The maximum absolute atomic E-state index is 11.8. The SMILES string of the molecule is CC(=O)c1c(C)c2c(n1C)CC(C)OC2=O. The zero-order valence-electron chi connectivity index (χ0n) is 9.96. The molecule has 0 amide bonds. The summed E-state index contributed by atoms with van der Waals surface area (Å²) in [5.41, 5.74) is 2.83. The van der Waals surface area contributed by atoms with Crippen LogP contribution in [0, 0.1) is 6.92 Å². The van der Waals surface area contributed by atoms with Gasteiger partial charge in [0.2, 0.25) is 0 Å². The van der Waals surface area contributed by atoms with Gasteiger partial charge in [-0.25, -0.2) is 4.79 Å². The van der Waals surface area contributed by atoms with Gasteiger partial charge in [0.25, 0.3) is 0 Å². The summed E-state index contributed by atoms with van der Waals surface area (Å²) in [6.45, 7) is 5.17. The average molecular weight is 221 g/mol. The Bertz CT molecular complexity index is 485. The van der Waals surface area contributed by atoms with Crippen molar-refractivity contribution in [1.29, 1.82) is 0 Å². The topological polar surface area (TPSA) is 48.3 Å². The summed E-state index contributed by atoms with van der Waals surface area (Å²) in [7, 11) is 1.83. The van der Waals surface area contributed by atoms with Gasteiger partial charge in [-0.15, -0.1) is 0 Å². The fourth-order valence-corrected chi connectivity index (χ4v) is 2.45. The molecule has 1 aliphatic heterocycles. The number of hydrogen-bond acceptors (Lipinski definition) is 3. The van der Waals surface area contributed by atoms with E-state index in [2.05, 4.69) is 0 Å². The van der Waals surface area contributed by atoms with Crippen LogP contribution < -0.4 is 0 Å². The molecule has 1 aromatic rings. The van der Waals surface area contributed by atoms with E-state index in [-0.39, 0.29) is 17.9 Å². The summed E-state index contributed by atoms with van der Waals surface area (Å²) < 4.78 is 7.00. The lowest BCUT2D eigenvalue weighted by molar-refractivity contribution is 0.0295. The number of carbonyl (C=O) groups is 2. The minimum atomic E-state index is -0.311. The van der Waals surface area contributed by atoms with Gasteiger partial charge in [0, 0.05) is 26.1 Å². The molecule has 16 heavy (non-hydrogen) atoms. The first-order valence-corrected chi connectivity index (χ1v) is 5.33. The van der Waals surface area contributed by atoms with Crippen molar-refractivity contribution in [2.24, 2.45) is 7.05 Å². The summed E-state index contributed by atoms with van der Waals surface area (Å²) in [6, 6.07) is 0. The third kappa shape index (κ3) is 1.37. The van der Waals surface area contributed by atoms with Gasteiger partial charge < -0.3 is 9.30 Å². The number of carbonyl (C=O) groups excluding carboxylic acids is 2. The van der Waals surface area contributed by atoms with Gasteiger partial charge in [0.15, 0.2) is 5.78 Å². The highest BCUT2D eigenvalue weighted by molar-refractivity contribution is 6.01. The number of esters is 1. The first-order chi connectivity index (χ1) is 7.43. The first kappa shape index (κ1) is 10.9. The minimum Gasteiger partial charge on any atom is -0.459 e. The molecule has 0 aromatic carbocycles. The predicted octanol–water partition coefficient (Wildman–Crippen LogP) is 1.64. The van der Waals surface area contributed by atoms with Crippen molar-refractivity contribution in [3.63, 3.8) is 0 Å². The van der Waals surface area contributed by atoms with Crippen molar-refractivity contribution in [3.05, 3.63) is 22.5 Å². The molecule has 1 aliphatic rings. The van der Waals surface area contributed by atoms with Crippen LogP contribution in [0.3, 0.4) is 0 Å². The van der Waals surface area contributed by atoms with E-state index in [0.717, 1.165) is 11.3 Å². The molecule has 4 heteroatoms. The van der Waals surface area contributed by atoms with E-state index in [1.54, 1.807) is 6.92 Å². The van der Waals surface area contributed by atoms with Crippen LogP contribution in [0.4, 0.5) is 0 Å². The second-order valence-electron chi connectivity index (χ2n) is 4.33. The molecule has 0 radical (unpaired) electrons. The molecule has 1 aromatic heterocycles. The lowest BCUT2D eigenvalue weighted by Gasteiger charge is -2.20. The molecule has 0 saturated heterocycles. The second-order valence-corrected chi connectivity index (χ2v) is 4.33. The highest BCUT2D eigenvalue weighted by Crippen LogP contribution is 2.28. The molecule has 0 fully saturated rings. The van der Waals surface area contributed by atoms with Gasteiger partial charge in [-0.3, -0.25) is 4.79 Å². The van der Waals surface area contributed by atoms with E-state index in [1.807, 2.05) is 18.5 Å². The number of cyclic esters (lactones) is 1. The highest BCUT2D eigenvalue weighted by atomic mass is 16.5. The summed E-state index contributed by atoms with van der Waals surface area (Å²) in [4.78, 5) is 23.3. The third-order valence-corrected chi connectivity index (χ3v) is 3.09. The normalized spacial score (nSPS) is 19.2. The molecular formula is C12H15NO3. The van der Waals surface area contributed by atoms with Gasteiger partial charge >= 0.3 is 5.97 Å². The predicted molar refractivity (Wildman–Crippen MR) is 58.7 cm³/mol. The smallest absolute Gasteiger partial charge is 0.340 e. The van der Waals surface area contributed by atoms with Crippen molar-refractivity contribution in [1.82, 2.24) is 4.57 Å². The van der Waals surface area contributed by atoms with E-state index in [0.29, 0.717) is 17.7 Å². The molecule has 0 saturated carbocycles. The van der Waals surface area contributed by atoms with Crippen molar-refractivity contribution >= 4 is 11.8 Å². The van der Waals surface area contributed by atoms with Crippen LogP contribution in [0.1, 0.15) is 46.0 Å². The Balaban J connectivity index is 2.69. The highest BCUT2D eigenvalue weighted by Gasteiger charge is 2.31. The Hall–Kier alpha value is -1.58. The van der Waals surface area contributed by atoms with Crippen molar-refractivity contribution in [2.45, 2.75) is 33.3 Å². The summed E-state index contributed by atoms with van der Waals surface area (Å²) >= 11 is 0. The minimum absolute atomic E-state index is 0.0187. The van der Waals surface area contributed by atoms with Crippen molar-refractivity contribution in [3.8, 4) is 0 Å². The Morgan fingerprint density at radius 2 is 2.12 bits per heavy atom. The lowest BCUT2D eigenvalue weighted by atomic mass is 10.0. The number of Topliss-reactive ketones (excluding diaryl/α,β-unsaturated/α-hetero) is 1. The van der Waals surface area contributed by atoms with E-state index < -0.39 is 0 Å². The standard InChI is InChI=1S/C12H15NO3/c1-6-5-9-10(12(15)16-6)7(2)11(8(3)14)13(9)4/h6H,5H2,1-4H3. The Labute approximate surface area is 94.2 Å². The summed E-state index contributed by atoms with van der Waals surface area (Å²) in [5, 5.41) is 0. The molecule has 0 bridgehead atoms. The molecule has 4 nitrogen and oxygen atoms in total. The van der Waals surface area contributed by atoms with E-state index in [1.165, 1.54) is 6.92 Å².